The molecule has 1 fully saturated rings. The molecule has 0 unspecified atom stereocenters. The molecule has 2 heterocycles. The van der Waals surface area contributed by atoms with Gasteiger partial charge in [0.15, 0.2) is 11.5 Å². The summed E-state index contributed by atoms with van der Waals surface area (Å²) in [6.45, 7) is 7.11. The molecule has 1 aromatic heterocycles. The third-order valence-corrected chi connectivity index (χ3v) is 5.71. The summed E-state index contributed by atoms with van der Waals surface area (Å²) in [5.41, 5.74) is 0.160. The van der Waals surface area contributed by atoms with E-state index in [1.165, 1.54) is 12.1 Å². The Hall–Kier alpha value is -3.92. The number of likely N-dealkylation sites (N-methyl/N-ethyl adjacent to an activating group) is 1. The van der Waals surface area contributed by atoms with E-state index in [1.54, 1.807) is 12.1 Å². The Labute approximate surface area is 201 Å². The summed E-state index contributed by atoms with van der Waals surface area (Å²) in [7, 11) is 2.09. The van der Waals surface area contributed by atoms with Crippen LogP contribution >= 0.6 is 0 Å². The molecular weight excluding hydrogens is 457 g/mol. The monoisotopic (exact) mass is 482 g/mol. The topological polar surface area (TPSA) is 73.4 Å². The summed E-state index contributed by atoms with van der Waals surface area (Å²) in [6, 6.07) is 12.4. The number of amides is 1. The molecule has 182 valence electrons. The highest BCUT2D eigenvalue weighted by molar-refractivity contribution is 5.98. The predicted molar refractivity (Wildman–Crippen MR) is 130 cm³/mol. The van der Waals surface area contributed by atoms with Crippen LogP contribution in [0.4, 0.5) is 36.2 Å². The highest BCUT2D eigenvalue weighted by atomic mass is 19.3. The second-order valence-corrected chi connectivity index (χ2v) is 8.20. The number of carbonyl (C=O) groups excluding carboxylic acids is 1. The van der Waals surface area contributed by atoms with E-state index in [4.69, 9.17) is 0 Å². The van der Waals surface area contributed by atoms with E-state index in [1.807, 2.05) is 12.1 Å². The van der Waals surface area contributed by atoms with Crippen molar-refractivity contribution in [3.8, 4) is 0 Å². The van der Waals surface area contributed by atoms with Crippen molar-refractivity contribution in [1.82, 2.24) is 14.9 Å². The van der Waals surface area contributed by atoms with Gasteiger partial charge in [0, 0.05) is 48.8 Å². The Morgan fingerprint density at radius 3 is 2.49 bits per heavy atom. The molecule has 0 aliphatic carbocycles. The largest absolute Gasteiger partial charge is 0.369 e. The molecule has 0 saturated carbocycles. The summed E-state index contributed by atoms with van der Waals surface area (Å²) in [5.74, 6) is -5.73. The number of nitrogens with one attached hydrogen (secondary N) is 2. The van der Waals surface area contributed by atoms with E-state index in [9.17, 15) is 9.18 Å². The number of hydrogen-bond donors (Lipinski definition) is 2. The van der Waals surface area contributed by atoms with Crippen molar-refractivity contribution < 1.29 is 18.0 Å². The maximum Gasteiger partial charge on any atom is 0.318 e. The van der Waals surface area contributed by atoms with Crippen LogP contribution in [0.3, 0.4) is 0 Å². The van der Waals surface area contributed by atoms with Crippen molar-refractivity contribution in [2.45, 2.75) is 5.92 Å². The molecule has 7 nitrogen and oxygen atoms in total. The minimum Gasteiger partial charge on any atom is -0.369 e. The number of carbonyl (C=O) groups is 1. The van der Waals surface area contributed by atoms with E-state index < -0.39 is 28.9 Å². The number of rotatable bonds is 7. The molecule has 10 heteroatoms. The molecule has 2 aromatic carbocycles. The summed E-state index contributed by atoms with van der Waals surface area (Å²) >= 11 is 0. The van der Waals surface area contributed by atoms with Crippen LogP contribution in [0, 0.1) is 5.82 Å². The smallest absolute Gasteiger partial charge is 0.318 e. The molecule has 1 amide bonds. The van der Waals surface area contributed by atoms with Crippen LogP contribution in [-0.2, 0) is 10.7 Å². The van der Waals surface area contributed by atoms with Crippen molar-refractivity contribution in [3.63, 3.8) is 0 Å². The normalized spacial score (nSPS) is 14.5. The van der Waals surface area contributed by atoms with Crippen molar-refractivity contribution in [3.05, 3.63) is 84.5 Å². The van der Waals surface area contributed by atoms with Gasteiger partial charge in [-0.3, -0.25) is 4.79 Å². The van der Waals surface area contributed by atoms with Gasteiger partial charge in [0.25, 0.3) is 0 Å². The highest BCUT2D eigenvalue weighted by Crippen LogP contribution is 2.37. The Balaban J connectivity index is 1.53. The van der Waals surface area contributed by atoms with E-state index in [0.29, 0.717) is 11.9 Å². The van der Waals surface area contributed by atoms with Crippen LogP contribution < -0.4 is 15.5 Å². The second kappa shape index (κ2) is 10.1. The second-order valence-electron chi connectivity index (χ2n) is 8.20. The zero-order valence-electron chi connectivity index (χ0n) is 19.1. The molecule has 0 bridgehead atoms. The maximum atomic E-state index is 15.3. The van der Waals surface area contributed by atoms with E-state index in [0.717, 1.165) is 50.1 Å². The van der Waals surface area contributed by atoms with Gasteiger partial charge in [0.05, 0.1) is 6.20 Å². The van der Waals surface area contributed by atoms with Crippen molar-refractivity contribution in [2.75, 3.05) is 48.8 Å². The molecular formula is C25H25F3N6O. The lowest BCUT2D eigenvalue weighted by Crippen LogP contribution is -2.44. The minimum absolute atomic E-state index is 0.125. The SMILES string of the molecule is C=CC(=O)Nc1cccc(C(F)(F)c2nc(Nc3ccc(N4CCN(C)CC4)cc3)ncc2F)c1. The van der Waals surface area contributed by atoms with Gasteiger partial charge in [-0.05, 0) is 49.5 Å². The molecule has 0 spiro atoms. The molecule has 3 aromatic rings. The Morgan fingerprint density at radius 1 is 1.09 bits per heavy atom. The van der Waals surface area contributed by atoms with E-state index in [2.05, 4.69) is 44.0 Å². The van der Waals surface area contributed by atoms with Gasteiger partial charge in [-0.15, -0.1) is 0 Å². The fourth-order valence-electron chi connectivity index (χ4n) is 3.72. The van der Waals surface area contributed by atoms with Crippen LogP contribution in [-0.4, -0.2) is 54.0 Å². The number of nitrogens with zero attached hydrogens (tertiary/aromatic N) is 4. The van der Waals surface area contributed by atoms with Crippen LogP contribution in [0.5, 0.6) is 0 Å². The van der Waals surface area contributed by atoms with Gasteiger partial charge in [-0.25, -0.2) is 14.4 Å². The number of benzene rings is 2. The highest BCUT2D eigenvalue weighted by Gasteiger charge is 2.39. The summed E-state index contributed by atoms with van der Waals surface area (Å²) in [4.78, 5) is 23.6. The van der Waals surface area contributed by atoms with Crippen LogP contribution in [0.25, 0.3) is 0 Å². The van der Waals surface area contributed by atoms with Gasteiger partial charge in [-0.1, -0.05) is 18.7 Å². The lowest BCUT2D eigenvalue weighted by atomic mass is 10.0. The molecule has 0 radical (unpaired) electrons. The first-order valence-corrected chi connectivity index (χ1v) is 11.0. The van der Waals surface area contributed by atoms with Gasteiger partial charge in [0.1, 0.15) is 0 Å². The van der Waals surface area contributed by atoms with Crippen molar-refractivity contribution >= 4 is 28.9 Å². The Bertz CT molecular complexity index is 1210. The first kappa shape index (κ1) is 24.2. The Morgan fingerprint density at radius 2 is 1.80 bits per heavy atom. The molecule has 0 atom stereocenters. The minimum atomic E-state index is -3.77. The predicted octanol–water partition coefficient (Wildman–Crippen LogP) is 4.38. The maximum absolute atomic E-state index is 15.3. The van der Waals surface area contributed by atoms with Gasteiger partial charge >= 0.3 is 5.92 Å². The molecule has 1 saturated heterocycles. The van der Waals surface area contributed by atoms with E-state index in [-0.39, 0.29) is 11.6 Å². The van der Waals surface area contributed by atoms with Gasteiger partial charge in [0.2, 0.25) is 11.9 Å². The summed E-state index contributed by atoms with van der Waals surface area (Å²) in [6.07, 6.45) is 1.73. The van der Waals surface area contributed by atoms with Crippen molar-refractivity contribution in [1.29, 1.82) is 0 Å². The third kappa shape index (κ3) is 5.60. The molecule has 1 aliphatic rings. The Kier molecular flexibility index (Phi) is 7.02. The zero-order chi connectivity index (χ0) is 25.0. The number of aromatic nitrogens is 2. The number of piperazine rings is 1. The quantitative estimate of drug-likeness (QED) is 0.487. The summed E-state index contributed by atoms with van der Waals surface area (Å²) < 4.78 is 44.9. The van der Waals surface area contributed by atoms with Gasteiger partial charge < -0.3 is 20.4 Å². The van der Waals surface area contributed by atoms with Crippen molar-refractivity contribution in [2.24, 2.45) is 0 Å². The first-order valence-electron chi connectivity index (χ1n) is 11.0. The fraction of sp³-hybridized carbons (Fsp3) is 0.240. The average Bonchev–Trinajstić information content (AvgIpc) is 2.86. The lowest BCUT2D eigenvalue weighted by molar-refractivity contribution is -0.111. The van der Waals surface area contributed by atoms with E-state index >= 15 is 8.78 Å². The van der Waals surface area contributed by atoms with Crippen LogP contribution in [0.15, 0.2) is 67.4 Å². The molecule has 35 heavy (non-hydrogen) atoms. The number of alkyl halides is 2. The molecule has 4 rings (SSSR count). The third-order valence-electron chi connectivity index (χ3n) is 5.71. The molecule has 1 aliphatic heterocycles. The fourth-order valence-corrected chi connectivity index (χ4v) is 3.72. The summed E-state index contributed by atoms with van der Waals surface area (Å²) in [5, 5.41) is 5.27. The van der Waals surface area contributed by atoms with Crippen LogP contribution in [0.1, 0.15) is 11.3 Å². The molecule has 2 N–H and O–H groups in total. The zero-order valence-corrected chi connectivity index (χ0v) is 19.1. The number of halogens is 3. The lowest BCUT2D eigenvalue weighted by Gasteiger charge is -2.34. The number of hydrogen-bond acceptors (Lipinski definition) is 6. The standard InChI is InChI=1S/C25H25F3N6O/c1-3-22(35)30-19-6-4-5-17(15-19)25(27,28)23-21(26)16-29-24(32-23)31-18-7-9-20(10-8-18)34-13-11-33(2)12-14-34/h3-10,15-16H,1,11-14H2,2H3,(H,30,35)(H,29,31,32). The van der Waals surface area contributed by atoms with Crippen LogP contribution in [0.2, 0.25) is 0 Å². The average molecular weight is 483 g/mol. The number of anilines is 4. The van der Waals surface area contributed by atoms with Gasteiger partial charge in [-0.2, -0.15) is 8.78 Å². The first-order chi connectivity index (χ1) is 16.8.